The van der Waals surface area contributed by atoms with Gasteiger partial charge in [0, 0.05) is 17.3 Å². The van der Waals surface area contributed by atoms with E-state index in [0.29, 0.717) is 17.7 Å². The van der Waals surface area contributed by atoms with E-state index in [0.717, 1.165) is 25.7 Å². The lowest BCUT2D eigenvalue weighted by atomic mass is 10.2. The highest BCUT2D eigenvalue weighted by Gasteiger charge is 2.35. The van der Waals surface area contributed by atoms with Crippen molar-refractivity contribution in [1.29, 1.82) is 0 Å². The minimum absolute atomic E-state index is 0.113. The first-order valence-corrected chi connectivity index (χ1v) is 6.62. The summed E-state index contributed by atoms with van der Waals surface area (Å²) in [5.41, 5.74) is 1.18. The Morgan fingerprint density at radius 3 is 2.25 bits per heavy atom. The van der Waals surface area contributed by atoms with Crippen LogP contribution in [0.1, 0.15) is 53.3 Å². The van der Waals surface area contributed by atoms with Crippen molar-refractivity contribution >= 4 is 23.2 Å². The van der Waals surface area contributed by atoms with Gasteiger partial charge in [0.05, 0.1) is 11.1 Å². The molecule has 2 heterocycles. The highest BCUT2D eigenvalue weighted by molar-refractivity contribution is 7.08. The highest BCUT2D eigenvalue weighted by atomic mass is 32.1. The Bertz CT molecular complexity index is 380. The van der Waals surface area contributed by atoms with Crippen LogP contribution in [0.4, 0.5) is 0 Å². The molecule has 0 N–H and O–H groups in total. The van der Waals surface area contributed by atoms with Crippen molar-refractivity contribution < 1.29 is 9.59 Å². The van der Waals surface area contributed by atoms with Crippen molar-refractivity contribution in [1.82, 2.24) is 4.90 Å². The van der Waals surface area contributed by atoms with Crippen LogP contribution in [-0.2, 0) is 0 Å². The van der Waals surface area contributed by atoms with Gasteiger partial charge in [-0.2, -0.15) is 11.3 Å². The van der Waals surface area contributed by atoms with Crippen LogP contribution in [0.5, 0.6) is 0 Å². The molecular weight excluding hydrogens is 222 g/mol. The number of fused-ring (bicyclic) bond motifs is 1. The van der Waals surface area contributed by atoms with Gasteiger partial charge in [0.15, 0.2) is 0 Å². The van der Waals surface area contributed by atoms with Gasteiger partial charge < -0.3 is 0 Å². The summed E-state index contributed by atoms with van der Waals surface area (Å²) in [5.74, 6) is -0.226. The standard InChI is InChI=1S/C12H15NO2S/c1-2-3-4-5-6-13-11(14)9-7-16-8-10(9)12(13)15/h7-8H,2-6H2,1H3. The first kappa shape index (κ1) is 11.3. The van der Waals surface area contributed by atoms with Gasteiger partial charge in [-0.15, -0.1) is 0 Å². The highest BCUT2D eigenvalue weighted by Crippen LogP contribution is 2.26. The quantitative estimate of drug-likeness (QED) is 0.583. The Morgan fingerprint density at radius 2 is 1.69 bits per heavy atom. The summed E-state index contributed by atoms with van der Waals surface area (Å²) < 4.78 is 0. The van der Waals surface area contributed by atoms with Gasteiger partial charge in [0.2, 0.25) is 0 Å². The zero-order valence-corrected chi connectivity index (χ0v) is 10.2. The molecule has 0 aromatic carbocycles. The van der Waals surface area contributed by atoms with E-state index in [2.05, 4.69) is 6.92 Å². The predicted molar refractivity (Wildman–Crippen MR) is 63.8 cm³/mol. The molecule has 0 atom stereocenters. The monoisotopic (exact) mass is 237 g/mol. The molecule has 86 valence electrons. The van der Waals surface area contributed by atoms with Gasteiger partial charge >= 0.3 is 0 Å². The van der Waals surface area contributed by atoms with Crippen molar-refractivity contribution in [3.63, 3.8) is 0 Å². The number of carbonyl (C=O) groups is 2. The fourth-order valence-corrected chi connectivity index (χ4v) is 2.71. The molecule has 0 spiro atoms. The Hall–Kier alpha value is -1.16. The molecule has 2 amide bonds. The zero-order chi connectivity index (χ0) is 11.5. The average Bonchev–Trinajstić information content (AvgIpc) is 2.83. The van der Waals surface area contributed by atoms with Crippen molar-refractivity contribution in [2.75, 3.05) is 6.54 Å². The molecule has 3 nitrogen and oxygen atoms in total. The summed E-state index contributed by atoms with van der Waals surface area (Å²) in [4.78, 5) is 25.1. The van der Waals surface area contributed by atoms with E-state index < -0.39 is 0 Å². The third kappa shape index (κ3) is 1.89. The fourth-order valence-electron chi connectivity index (χ4n) is 1.91. The summed E-state index contributed by atoms with van der Waals surface area (Å²) in [5, 5.41) is 3.53. The number of amides is 2. The van der Waals surface area contributed by atoms with Crippen molar-refractivity contribution in [3.8, 4) is 0 Å². The van der Waals surface area contributed by atoms with E-state index >= 15 is 0 Å². The second kappa shape index (κ2) is 4.78. The topological polar surface area (TPSA) is 37.4 Å². The number of unbranched alkanes of at least 4 members (excludes halogenated alkanes) is 3. The molecular formula is C12H15NO2S. The third-order valence-electron chi connectivity index (χ3n) is 2.85. The maximum absolute atomic E-state index is 11.8. The van der Waals surface area contributed by atoms with Gasteiger partial charge in [-0.3, -0.25) is 14.5 Å². The second-order valence-corrected chi connectivity index (χ2v) is 4.77. The number of nitrogens with zero attached hydrogens (tertiary/aromatic N) is 1. The normalized spacial score (nSPS) is 14.7. The van der Waals surface area contributed by atoms with Crippen LogP contribution < -0.4 is 0 Å². The molecule has 0 radical (unpaired) electrons. The molecule has 1 aliphatic heterocycles. The van der Waals surface area contributed by atoms with E-state index in [9.17, 15) is 9.59 Å². The average molecular weight is 237 g/mol. The molecule has 16 heavy (non-hydrogen) atoms. The summed E-state index contributed by atoms with van der Waals surface area (Å²) in [6.07, 6.45) is 4.33. The van der Waals surface area contributed by atoms with E-state index in [1.807, 2.05) is 0 Å². The van der Waals surface area contributed by atoms with Crippen LogP contribution in [0, 0.1) is 0 Å². The second-order valence-electron chi connectivity index (χ2n) is 4.02. The maximum atomic E-state index is 11.8. The lowest BCUT2D eigenvalue weighted by Gasteiger charge is -2.13. The summed E-state index contributed by atoms with van der Waals surface area (Å²) >= 11 is 1.42. The summed E-state index contributed by atoms with van der Waals surface area (Å²) in [6, 6.07) is 0. The largest absolute Gasteiger partial charge is 0.274 e. The van der Waals surface area contributed by atoms with Gasteiger partial charge in [-0.05, 0) is 6.42 Å². The smallest absolute Gasteiger partial charge is 0.262 e. The fraction of sp³-hybridized carbons (Fsp3) is 0.500. The van der Waals surface area contributed by atoms with Crippen molar-refractivity contribution in [3.05, 3.63) is 21.9 Å². The first-order valence-electron chi connectivity index (χ1n) is 5.68. The Kier molecular flexibility index (Phi) is 3.39. The van der Waals surface area contributed by atoms with E-state index in [1.165, 1.54) is 16.2 Å². The lowest BCUT2D eigenvalue weighted by molar-refractivity contribution is 0.0651. The molecule has 0 fully saturated rings. The molecule has 0 saturated heterocycles. The number of imide groups is 1. The molecule has 0 unspecified atom stereocenters. The van der Waals surface area contributed by atoms with Gasteiger partial charge in [0.1, 0.15) is 0 Å². The molecule has 0 bridgehead atoms. The summed E-state index contributed by atoms with van der Waals surface area (Å²) in [7, 11) is 0. The van der Waals surface area contributed by atoms with E-state index in [4.69, 9.17) is 0 Å². The van der Waals surface area contributed by atoms with Crippen LogP contribution >= 0.6 is 11.3 Å². The van der Waals surface area contributed by atoms with Crippen molar-refractivity contribution in [2.24, 2.45) is 0 Å². The van der Waals surface area contributed by atoms with Crippen LogP contribution in [0.25, 0.3) is 0 Å². The van der Waals surface area contributed by atoms with Gasteiger partial charge in [0.25, 0.3) is 11.8 Å². The SMILES string of the molecule is CCCCCCN1C(=O)c2cscc2C1=O. The molecule has 1 aliphatic rings. The van der Waals surface area contributed by atoms with Gasteiger partial charge in [-0.25, -0.2) is 0 Å². The van der Waals surface area contributed by atoms with E-state index in [-0.39, 0.29) is 11.8 Å². The summed E-state index contributed by atoms with van der Waals surface area (Å²) in [6.45, 7) is 2.71. The minimum Gasteiger partial charge on any atom is -0.274 e. The lowest BCUT2D eigenvalue weighted by Crippen LogP contribution is -2.30. The Balaban J connectivity index is 1.96. The zero-order valence-electron chi connectivity index (χ0n) is 9.36. The molecule has 1 aromatic rings. The van der Waals surface area contributed by atoms with Crippen LogP contribution in [-0.4, -0.2) is 23.3 Å². The number of hydrogen-bond acceptors (Lipinski definition) is 3. The first-order chi connectivity index (χ1) is 7.75. The third-order valence-corrected chi connectivity index (χ3v) is 3.59. The molecule has 0 aliphatic carbocycles. The molecule has 2 rings (SSSR count). The van der Waals surface area contributed by atoms with E-state index in [1.54, 1.807) is 10.8 Å². The molecule has 4 heteroatoms. The van der Waals surface area contributed by atoms with Crippen LogP contribution in [0.3, 0.4) is 0 Å². The Morgan fingerprint density at radius 1 is 1.06 bits per heavy atom. The number of rotatable bonds is 5. The molecule has 0 saturated carbocycles. The maximum Gasteiger partial charge on any atom is 0.262 e. The minimum atomic E-state index is -0.113. The van der Waals surface area contributed by atoms with Crippen LogP contribution in [0.2, 0.25) is 0 Å². The predicted octanol–water partition coefficient (Wildman–Crippen LogP) is 2.92. The van der Waals surface area contributed by atoms with Gasteiger partial charge in [-0.1, -0.05) is 26.2 Å². The number of carbonyl (C=O) groups excluding carboxylic acids is 2. The Labute approximate surface area is 99.1 Å². The number of thiophene rings is 1. The van der Waals surface area contributed by atoms with Crippen LogP contribution in [0.15, 0.2) is 10.8 Å². The molecule has 1 aromatic heterocycles. The van der Waals surface area contributed by atoms with Crippen molar-refractivity contribution in [2.45, 2.75) is 32.6 Å². The number of hydrogen-bond donors (Lipinski definition) is 0.